The van der Waals surface area contributed by atoms with Gasteiger partial charge < -0.3 is 4.90 Å². The molecule has 8 heteroatoms. The maximum absolute atomic E-state index is 13.0. The van der Waals surface area contributed by atoms with E-state index in [-0.39, 0.29) is 29.2 Å². The Morgan fingerprint density at radius 1 is 1.16 bits per heavy atom. The third-order valence-corrected chi connectivity index (χ3v) is 5.25. The van der Waals surface area contributed by atoms with Crippen molar-refractivity contribution >= 4 is 16.8 Å². The summed E-state index contributed by atoms with van der Waals surface area (Å²) in [5, 5.41) is 4.28. The summed E-state index contributed by atoms with van der Waals surface area (Å²) >= 11 is 0. The molecule has 2 heterocycles. The highest BCUT2D eigenvalue weighted by molar-refractivity contribution is 5.96. The molecule has 2 aromatic rings. The average Bonchev–Trinajstić information content (AvgIpc) is 2.82. The van der Waals surface area contributed by atoms with E-state index in [2.05, 4.69) is 10.1 Å². The van der Waals surface area contributed by atoms with E-state index in [1.807, 2.05) is 4.90 Å². The molecule has 2 fully saturated rings. The maximum Gasteiger partial charge on any atom is 0.408 e. The molecule has 0 aromatic carbocycles. The Kier molecular flexibility index (Phi) is 3.92. The van der Waals surface area contributed by atoms with Gasteiger partial charge in [-0.25, -0.2) is 0 Å². The van der Waals surface area contributed by atoms with E-state index >= 15 is 0 Å². The van der Waals surface area contributed by atoms with Gasteiger partial charge in [0, 0.05) is 23.7 Å². The fourth-order valence-electron chi connectivity index (χ4n) is 3.48. The van der Waals surface area contributed by atoms with Crippen LogP contribution in [0.2, 0.25) is 0 Å². The van der Waals surface area contributed by atoms with Gasteiger partial charge in [0.2, 0.25) is 0 Å². The zero-order chi connectivity index (χ0) is 17.6. The number of hydrogen-bond acceptors (Lipinski definition) is 3. The van der Waals surface area contributed by atoms with E-state index in [0.717, 1.165) is 43.2 Å². The first-order valence-corrected chi connectivity index (χ1v) is 8.63. The molecule has 2 saturated carbocycles. The molecule has 0 radical (unpaired) electrons. The van der Waals surface area contributed by atoms with Crippen LogP contribution < -0.4 is 0 Å². The first kappa shape index (κ1) is 16.4. The van der Waals surface area contributed by atoms with Crippen molar-refractivity contribution < 1.29 is 18.0 Å². The molecule has 0 bridgehead atoms. The number of fused-ring (bicyclic) bond motifs is 1. The highest BCUT2D eigenvalue weighted by Crippen LogP contribution is 2.35. The highest BCUT2D eigenvalue weighted by Gasteiger charge is 2.38. The second kappa shape index (κ2) is 6.00. The smallest absolute Gasteiger partial charge is 0.331 e. The van der Waals surface area contributed by atoms with Gasteiger partial charge in [-0.3, -0.25) is 14.5 Å². The topological polar surface area (TPSA) is 51.0 Å². The van der Waals surface area contributed by atoms with Crippen molar-refractivity contribution in [3.8, 4) is 0 Å². The molecular weight excluding hydrogens is 333 g/mol. The normalized spacial score (nSPS) is 18.8. The second-order valence-corrected chi connectivity index (χ2v) is 6.93. The first-order chi connectivity index (χ1) is 11.9. The lowest BCUT2D eigenvalue weighted by Crippen LogP contribution is -2.52. The van der Waals surface area contributed by atoms with E-state index in [1.165, 1.54) is 18.5 Å². The molecule has 4 rings (SSSR count). The quantitative estimate of drug-likeness (QED) is 0.846. The van der Waals surface area contributed by atoms with Gasteiger partial charge >= 0.3 is 6.18 Å². The lowest BCUT2D eigenvalue weighted by Gasteiger charge is -2.46. The molecule has 2 aliphatic carbocycles. The lowest BCUT2D eigenvalue weighted by molar-refractivity contribution is -0.141. The number of carbonyl (C=O) groups excluding carboxylic acids is 1. The number of nitrogens with zero attached hydrogens (tertiary/aromatic N) is 4. The summed E-state index contributed by atoms with van der Waals surface area (Å²) in [6.45, 7) is -1.18. The fraction of sp³-hybridized carbons (Fsp3) is 0.588. The number of hydrogen-bond donors (Lipinski definition) is 0. The summed E-state index contributed by atoms with van der Waals surface area (Å²) in [5.74, 6) is -0.170. The Labute approximate surface area is 142 Å². The molecule has 134 valence electrons. The third-order valence-electron chi connectivity index (χ3n) is 5.25. The number of rotatable bonds is 4. The standard InChI is InChI=1S/C17H19F3N4O/c18-17(19,20)10-23-15-7-14(21-8-11(15)9-22-23)16(25)24(12-3-1-4-12)13-5-2-6-13/h7-9,12-13H,1-6,10H2. The predicted molar refractivity (Wildman–Crippen MR) is 85.0 cm³/mol. The molecule has 2 aliphatic rings. The van der Waals surface area contributed by atoms with Crippen LogP contribution in [-0.4, -0.2) is 43.8 Å². The maximum atomic E-state index is 13.0. The minimum absolute atomic E-state index is 0.170. The van der Waals surface area contributed by atoms with Crippen molar-refractivity contribution in [3.63, 3.8) is 0 Å². The molecule has 25 heavy (non-hydrogen) atoms. The number of aromatic nitrogens is 3. The van der Waals surface area contributed by atoms with Crippen molar-refractivity contribution in [2.75, 3.05) is 0 Å². The van der Waals surface area contributed by atoms with Crippen LogP contribution in [0.25, 0.3) is 10.9 Å². The third kappa shape index (κ3) is 3.09. The van der Waals surface area contributed by atoms with Crippen LogP contribution in [0.1, 0.15) is 49.0 Å². The number of amides is 1. The molecule has 0 spiro atoms. The molecule has 0 atom stereocenters. The lowest BCUT2D eigenvalue weighted by atomic mass is 9.84. The zero-order valence-electron chi connectivity index (χ0n) is 13.7. The summed E-state index contributed by atoms with van der Waals surface area (Å²) in [7, 11) is 0. The van der Waals surface area contributed by atoms with E-state index in [0.29, 0.717) is 5.39 Å². The van der Waals surface area contributed by atoms with Crippen LogP contribution in [-0.2, 0) is 6.54 Å². The van der Waals surface area contributed by atoms with Crippen LogP contribution in [0.5, 0.6) is 0 Å². The van der Waals surface area contributed by atoms with Gasteiger partial charge in [-0.2, -0.15) is 18.3 Å². The van der Waals surface area contributed by atoms with Crippen LogP contribution in [0.4, 0.5) is 13.2 Å². The van der Waals surface area contributed by atoms with Gasteiger partial charge in [0.15, 0.2) is 0 Å². The summed E-state index contributed by atoms with van der Waals surface area (Å²) < 4.78 is 39.0. The molecule has 1 amide bonds. The van der Waals surface area contributed by atoms with Crippen LogP contribution >= 0.6 is 0 Å². The summed E-state index contributed by atoms with van der Waals surface area (Å²) in [6, 6.07) is 1.94. The molecule has 2 aromatic heterocycles. The molecular formula is C17H19F3N4O. The monoisotopic (exact) mass is 352 g/mol. The Hall–Kier alpha value is -2.12. The molecule has 0 N–H and O–H groups in total. The van der Waals surface area contributed by atoms with Crippen molar-refractivity contribution in [3.05, 3.63) is 24.2 Å². The van der Waals surface area contributed by atoms with Crippen molar-refractivity contribution in [1.82, 2.24) is 19.7 Å². The van der Waals surface area contributed by atoms with Gasteiger partial charge in [0.25, 0.3) is 5.91 Å². The van der Waals surface area contributed by atoms with Crippen LogP contribution in [0.3, 0.4) is 0 Å². The van der Waals surface area contributed by atoms with Crippen LogP contribution in [0.15, 0.2) is 18.5 Å². The van der Waals surface area contributed by atoms with Gasteiger partial charge in [0.1, 0.15) is 12.2 Å². The van der Waals surface area contributed by atoms with Crippen molar-refractivity contribution in [1.29, 1.82) is 0 Å². The predicted octanol–water partition coefficient (Wildman–Crippen LogP) is 3.54. The van der Waals surface area contributed by atoms with Gasteiger partial charge in [-0.15, -0.1) is 0 Å². The second-order valence-electron chi connectivity index (χ2n) is 6.93. The van der Waals surface area contributed by atoms with E-state index in [9.17, 15) is 18.0 Å². The summed E-state index contributed by atoms with van der Waals surface area (Å²) in [5.41, 5.74) is 0.494. The average molecular weight is 352 g/mol. The van der Waals surface area contributed by atoms with Gasteiger partial charge in [0.05, 0.1) is 11.7 Å². The summed E-state index contributed by atoms with van der Waals surface area (Å²) in [4.78, 5) is 19.1. The van der Waals surface area contributed by atoms with E-state index < -0.39 is 12.7 Å². The fourth-order valence-corrected chi connectivity index (χ4v) is 3.48. The molecule has 5 nitrogen and oxygen atoms in total. The van der Waals surface area contributed by atoms with E-state index in [1.54, 1.807) is 0 Å². The molecule has 0 saturated heterocycles. The van der Waals surface area contributed by atoms with Crippen LogP contribution in [0, 0.1) is 0 Å². The Morgan fingerprint density at radius 2 is 1.80 bits per heavy atom. The Balaban J connectivity index is 1.65. The minimum atomic E-state index is -4.36. The number of halogens is 3. The molecule has 0 aliphatic heterocycles. The summed E-state index contributed by atoms with van der Waals surface area (Å²) in [6.07, 6.45) is 4.63. The van der Waals surface area contributed by atoms with E-state index in [4.69, 9.17) is 0 Å². The van der Waals surface area contributed by atoms with Crippen molar-refractivity contribution in [2.24, 2.45) is 0 Å². The number of pyridine rings is 1. The zero-order valence-corrected chi connectivity index (χ0v) is 13.7. The van der Waals surface area contributed by atoms with Gasteiger partial charge in [-0.1, -0.05) is 0 Å². The number of carbonyl (C=O) groups is 1. The highest BCUT2D eigenvalue weighted by atomic mass is 19.4. The largest absolute Gasteiger partial charge is 0.408 e. The Morgan fingerprint density at radius 3 is 2.32 bits per heavy atom. The molecule has 0 unspecified atom stereocenters. The van der Waals surface area contributed by atoms with Gasteiger partial charge in [-0.05, 0) is 44.6 Å². The number of alkyl halides is 3. The first-order valence-electron chi connectivity index (χ1n) is 8.63. The SMILES string of the molecule is O=C(c1cc2c(cn1)cnn2CC(F)(F)F)N(C1CCC1)C1CCC1. The minimum Gasteiger partial charge on any atom is -0.331 e. The Bertz CT molecular complexity index is 779. The van der Waals surface area contributed by atoms with Crippen molar-refractivity contribution in [2.45, 2.75) is 63.3 Å².